The van der Waals surface area contributed by atoms with Gasteiger partial charge in [0, 0.05) is 13.1 Å². The molecular formula is C17H23N3OS. The molecule has 3 rings (SSSR count). The van der Waals surface area contributed by atoms with Crippen LogP contribution < -0.4 is 10.2 Å². The SMILES string of the molecule is Cc1ccc(C)c2sc(N(C)CC(=O)NC3CCCC3)nc12. The molecule has 0 spiro atoms. The molecular weight excluding hydrogens is 294 g/mol. The van der Waals surface area contributed by atoms with Crippen molar-refractivity contribution in [2.75, 3.05) is 18.5 Å². The molecule has 0 unspecified atom stereocenters. The molecule has 0 saturated heterocycles. The van der Waals surface area contributed by atoms with Gasteiger partial charge in [0.1, 0.15) is 0 Å². The van der Waals surface area contributed by atoms with E-state index < -0.39 is 0 Å². The minimum absolute atomic E-state index is 0.0992. The number of benzene rings is 1. The lowest BCUT2D eigenvalue weighted by molar-refractivity contribution is -0.120. The first-order valence-corrected chi connectivity index (χ1v) is 8.73. The summed E-state index contributed by atoms with van der Waals surface area (Å²) in [6.45, 7) is 4.56. The van der Waals surface area contributed by atoms with Crippen molar-refractivity contribution in [2.45, 2.75) is 45.6 Å². The molecule has 0 aliphatic heterocycles. The second-order valence-electron chi connectivity index (χ2n) is 6.28. The molecule has 1 aromatic carbocycles. The fraction of sp³-hybridized carbons (Fsp3) is 0.529. The molecule has 22 heavy (non-hydrogen) atoms. The molecule has 5 heteroatoms. The van der Waals surface area contributed by atoms with Crippen LogP contribution >= 0.6 is 11.3 Å². The van der Waals surface area contributed by atoms with Crippen LogP contribution in [0.25, 0.3) is 10.2 Å². The second kappa shape index (κ2) is 6.24. The minimum atomic E-state index is 0.0992. The van der Waals surface area contributed by atoms with Gasteiger partial charge in [0.2, 0.25) is 5.91 Å². The van der Waals surface area contributed by atoms with Crippen LogP contribution in [0.3, 0.4) is 0 Å². The van der Waals surface area contributed by atoms with E-state index in [0.29, 0.717) is 12.6 Å². The number of nitrogens with zero attached hydrogens (tertiary/aromatic N) is 2. The smallest absolute Gasteiger partial charge is 0.239 e. The van der Waals surface area contributed by atoms with Crippen molar-refractivity contribution in [1.82, 2.24) is 10.3 Å². The molecule has 0 radical (unpaired) electrons. The first-order valence-electron chi connectivity index (χ1n) is 7.92. The molecule has 1 N–H and O–H groups in total. The Bertz CT molecular complexity index is 650. The zero-order valence-corrected chi connectivity index (χ0v) is 14.3. The zero-order valence-electron chi connectivity index (χ0n) is 13.5. The van der Waals surface area contributed by atoms with Gasteiger partial charge in [-0.1, -0.05) is 36.3 Å². The Morgan fingerprint density at radius 1 is 1.32 bits per heavy atom. The Hall–Kier alpha value is -1.62. The van der Waals surface area contributed by atoms with Crippen molar-refractivity contribution in [3.05, 3.63) is 23.3 Å². The molecule has 1 saturated carbocycles. The van der Waals surface area contributed by atoms with Crippen LogP contribution in [0.5, 0.6) is 0 Å². The topological polar surface area (TPSA) is 45.2 Å². The number of nitrogens with one attached hydrogen (secondary N) is 1. The number of hydrogen-bond donors (Lipinski definition) is 1. The van der Waals surface area contributed by atoms with E-state index in [1.165, 1.54) is 28.7 Å². The maximum Gasteiger partial charge on any atom is 0.239 e. The van der Waals surface area contributed by atoms with Crippen LogP contribution in [0.4, 0.5) is 5.13 Å². The van der Waals surface area contributed by atoms with Crippen molar-refractivity contribution in [3.63, 3.8) is 0 Å². The fourth-order valence-corrected chi connectivity index (χ4v) is 4.11. The average molecular weight is 317 g/mol. The first-order chi connectivity index (χ1) is 10.5. The quantitative estimate of drug-likeness (QED) is 0.940. The van der Waals surface area contributed by atoms with E-state index in [1.807, 2.05) is 11.9 Å². The van der Waals surface area contributed by atoms with Crippen molar-refractivity contribution >= 4 is 32.6 Å². The highest BCUT2D eigenvalue weighted by Crippen LogP contribution is 2.32. The number of likely N-dealkylation sites (N-methyl/N-ethyl adjacent to an activating group) is 1. The fourth-order valence-electron chi connectivity index (χ4n) is 3.04. The van der Waals surface area contributed by atoms with E-state index >= 15 is 0 Å². The normalized spacial score (nSPS) is 15.4. The predicted octanol–water partition coefficient (Wildman–Crippen LogP) is 3.41. The highest BCUT2D eigenvalue weighted by Gasteiger charge is 2.19. The lowest BCUT2D eigenvalue weighted by atomic mass is 10.1. The molecule has 1 aliphatic carbocycles. The van der Waals surface area contributed by atoms with Gasteiger partial charge < -0.3 is 10.2 Å². The van der Waals surface area contributed by atoms with E-state index in [1.54, 1.807) is 11.3 Å². The number of anilines is 1. The second-order valence-corrected chi connectivity index (χ2v) is 7.26. The van der Waals surface area contributed by atoms with Crippen molar-refractivity contribution in [3.8, 4) is 0 Å². The summed E-state index contributed by atoms with van der Waals surface area (Å²) in [5.41, 5.74) is 3.49. The number of aryl methyl sites for hydroxylation is 2. The van der Waals surface area contributed by atoms with Gasteiger partial charge in [-0.15, -0.1) is 0 Å². The van der Waals surface area contributed by atoms with Gasteiger partial charge in [0.25, 0.3) is 0 Å². The Labute approximate surface area is 135 Å². The van der Waals surface area contributed by atoms with E-state index in [0.717, 1.165) is 23.5 Å². The maximum absolute atomic E-state index is 12.2. The van der Waals surface area contributed by atoms with Crippen LogP contribution in [0.15, 0.2) is 12.1 Å². The van der Waals surface area contributed by atoms with Gasteiger partial charge in [-0.25, -0.2) is 4.98 Å². The Balaban J connectivity index is 1.71. The summed E-state index contributed by atoms with van der Waals surface area (Å²) < 4.78 is 1.22. The third kappa shape index (κ3) is 3.09. The highest BCUT2D eigenvalue weighted by molar-refractivity contribution is 7.22. The van der Waals surface area contributed by atoms with Gasteiger partial charge in [-0.05, 0) is 37.8 Å². The standard InChI is InChI=1S/C17H23N3OS/c1-11-8-9-12(2)16-15(11)19-17(22-16)20(3)10-14(21)18-13-6-4-5-7-13/h8-9,13H,4-7,10H2,1-3H3,(H,18,21). The molecule has 1 amide bonds. The molecule has 1 aromatic heterocycles. The summed E-state index contributed by atoms with van der Waals surface area (Å²) in [6, 6.07) is 4.61. The molecule has 118 valence electrons. The van der Waals surface area contributed by atoms with Crippen LogP contribution in [0.1, 0.15) is 36.8 Å². The Morgan fingerprint density at radius 3 is 2.68 bits per heavy atom. The summed E-state index contributed by atoms with van der Waals surface area (Å²) in [4.78, 5) is 18.8. The van der Waals surface area contributed by atoms with Gasteiger partial charge in [0.05, 0.1) is 16.8 Å². The molecule has 0 atom stereocenters. The summed E-state index contributed by atoms with van der Waals surface area (Å²) in [5, 5.41) is 4.04. The zero-order chi connectivity index (χ0) is 15.7. The van der Waals surface area contributed by atoms with Crippen LogP contribution in [0.2, 0.25) is 0 Å². The van der Waals surface area contributed by atoms with Crippen molar-refractivity contribution in [1.29, 1.82) is 0 Å². The van der Waals surface area contributed by atoms with Crippen molar-refractivity contribution < 1.29 is 4.79 Å². The molecule has 1 heterocycles. The summed E-state index contributed by atoms with van der Waals surface area (Å²) in [5.74, 6) is 0.0992. The third-order valence-electron chi connectivity index (χ3n) is 4.36. The number of carbonyl (C=O) groups excluding carboxylic acids is 1. The lowest BCUT2D eigenvalue weighted by Gasteiger charge is -2.17. The van der Waals surface area contributed by atoms with Gasteiger partial charge in [-0.2, -0.15) is 0 Å². The predicted molar refractivity (Wildman–Crippen MR) is 92.8 cm³/mol. The summed E-state index contributed by atoms with van der Waals surface area (Å²) >= 11 is 1.67. The van der Waals surface area contributed by atoms with Crippen LogP contribution in [-0.4, -0.2) is 30.5 Å². The van der Waals surface area contributed by atoms with Crippen molar-refractivity contribution in [2.24, 2.45) is 0 Å². The van der Waals surface area contributed by atoms with Gasteiger partial charge >= 0.3 is 0 Å². The molecule has 2 aromatic rings. The molecule has 1 fully saturated rings. The van der Waals surface area contributed by atoms with E-state index in [4.69, 9.17) is 4.98 Å². The minimum Gasteiger partial charge on any atom is -0.352 e. The number of rotatable bonds is 4. The number of hydrogen-bond acceptors (Lipinski definition) is 4. The number of carbonyl (C=O) groups is 1. The monoisotopic (exact) mass is 317 g/mol. The molecule has 4 nitrogen and oxygen atoms in total. The number of amides is 1. The van der Waals surface area contributed by atoms with Crippen LogP contribution in [0, 0.1) is 13.8 Å². The Kier molecular flexibility index (Phi) is 4.34. The number of aromatic nitrogens is 1. The van der Waals surface area contributed by atoms with E-state index in [9.17, 15) is 4.79 Å². The number of thiazole rings is 1. The van der Waals surface area contributed by atoms with E-state index in [-0.39, 0.29) is 5.91 Å². The van der Waals surface area contributed by atoms with E-state index in [2.05, 4.69) is 31.3 Å². The lowest BCUT2D eigenvalue weighted by Crippen LogP contribution is -2.39. The molecule has 0 bridgehead atoms. The molecule has 1 aliphatic rings. The third-order valence-corrected chi connectivity index (χ3v) is 5.66. The highest BCUT2D eigenvalue weighted by atomic mass is 32.1. The van der Waals surface area contributed by atoms with Crippen LogP contribution in [-0.2, 0) is 4.79 Å². The first kappa shape index (κ1) is 15.3. The largest absolute Gasteiger partial charge is 0.352 e. The number of fused-ring (bicyclic) bond motifs is 1. The average Bonchev–Trinajstić information content (AvgIpc) is 3.12. The summed E-state index contributed by atoms with van der Waals surface area (Å²) in [6.07, 6.45) is 4.71. The Morgan fingerprint density at radius 2 is 2.00 bits per heavy atom. The van der Waals surface area contributed by atoms with Gasteiger partial charge in [-0.3, -0.25) is 4.79 Å². The summed E-state index contributed by atoms with van der Waals surface area (Å²) in [7, 11) is 1.94. The maximum atomic E-state index is 12.2. The van der Waals surface area contributed by atoms with Gasteiger partial charge in [0.15, 0.2) is 5.13 Å².